The van der Waals surface area contributed by atoms with E-state index in [1.165, 1.54) is 5.56 Å². The first-order chi connectivity index (χ1) is 10.8. The third kappa shape index (κ3) is 5.21. The highest BCUT2D eigenvalue weighted by Gasteiger charge is 2.00. The summed E-state index contributed by atoms with van der Waals surface area (Å²) in [7, 11) is 3.35. The lowest BCUT2D eigenvalue weighted by Gasteiger charge is -2.08. The van der Waals surface area contributed by atoms with Crippen molar-refractivity contribution in [3.8, 4) is 5.75 Å². The van der Waals surface area contributed by atoms with Gasteiger partial charge in [-0.2, -0.15) is 4.98 Å². The smallest absolute Gasteiger partial charge is 0.224 e. The maximum absolute atomic E-state index is 5.22. The number of anilines is 2. The lowest BCUT2D eigenvalue weighted by molar-refractivity contribution is 0.210. The van der Waals surface area contributed by atoms with Gasteiger partial charge in [-0.05, 0) is 30.2 Å². The number of nitrogens with zero attached hydrogens (tertiary/aromatic N) is 2. The van der Waals surface area contributed by atoms with Crippen molar-refractivity contribution in [2.45, 2.75) is 6.42 Å². The van der Waals surface area contributed by atoms with Crippen LogP contribution in [-0.4, -0.2) is 43.9 Å². The molecule has 0 bridgehead atoms. The first-order valence-corrected chi connectivity index (χ1v) is 7.24. The highest BCUT2D eigenvalue weighted by atomic mass is 16.5. The maximum Gasteiger partial charge on any atom is 0.224 e. The second-order valence-corrected chi connectivity index (χ2v) is 4.71. The third-order valence-corrected chi connectivity index (χ3v) is 3.10. The minimum Gasteiger partial charge on any atom is -0.497 e. The molecule has 0 radical (unpaired) electrons. The number of rotatable bonds is 9. The summed E-state index contributed by atoms with van der Waals surface area (Å²) in [6.07, 6.45) is 2.61. The number of aromatic nitrogens is 2. The summed E-state index contributed by atoms with van der Waals surface area (Å²) >= 11 is 0. The van der Waals surface area contributed by atoms with Gasteiger partial charge >= 0.3 is 0 Å². The highest BCUT2D eigenvalue weighted by molar-refractivity contribution is 5.39. The van der Waals surface area contributed by atoms with E-state index in [4.69, 9.17) is 9.47 Å². The fourth-order valence-electron chi connectivity index (χ4n) is 1.97. The Kier molecular flexibility index (Phi) is 6.44. The molecule has 0 amide bonds. The standard InChI is InChI=1S/C16H22N4O2/c1-21-11-10-17-15-7-9-19-16(20-15)18-8-6-13-4-3-5-14(12-13)22-2/h3-5,7,9,12H,6,8,10-11H2,1-2H3,(H2,17,18,19,20). The van der Waals surface area contributed by atoms with Gasteiger partial charge < -0.3 is 20.1 Å². The van der Waals surface area contributed by atoms with Crippen LogP contribution in [0.5, 0.6) is 5.75 Å². The van der Waals surface area contributed by atoms with Gasteiger partial charge in [0, 0.05) is 26.4 Å². The fourth-order valence-corrected chi connectivity index (χ4v) is 1.97. The first kappa shape index (κ1) is 16.0. The zero-order valence-corrected chi connectivity index (χ0v) is 13.0. The van der Waals surface area contributed by atoms with Gasteiger partial charge in [0.1, 0.15) is 11.6 Å². The molecule has 2 aromatic rings. The van der Waals surface area contributed by atoms with E-state index in [2.05, 4.69) is 26.7 Å². The Bertz CT molecular complexity index is 578. The zero-order chi connectivity index (χ0) is 15.6. The van der Waals surface area contributed by atoms with E-state index in [1.54, 1.807) is 20.4 Å². The number of hydrogen-bond donors (Lipinski definition) is 2. The highest BCUT2D eigenvalue weighted by Crippen LogP contribution is 2.13. The van der Waals surface area contributed by atoms with Crippen LogP contribution in [-0.2, 0) is 11.2 Å². The van der Waals surface area contributed by atoms with Gasteiger partial charge in [-0.3, -0.25) is 0 Å². The molecule has 0 aliphatic heterocycles. The number of hydrogen-bond acceptors (Lipinski definition) is 6. The van der Waals surface area contributed by atoms with Crippen LogP contribution >= 0.6 is 0 Å². The number of nitrogens with one attached hydrogen (secondary N) is 2. The Morgan fingerprint density at radius 1 is 1.09 bits per heavy atom. The van der Waals surface area contributed by atoms with Crippen molar-refractivity contribution in [1.29, 1.82) is 0 Å². The molecule has 0 fully saturated rings. The molecule has 1 aromatic heterocycles. The van der Waals surface area contributed by atoms with Gasteiger partial charge in [-0.15, -0.1) is 0 Å². The van der Waals surface area contributed by atoms with E-state index < -0.39 is 0 Å². The summed E-state index contributed by atoms with van der Waals surface area (Å²) in [6.45, 7) is 2.12. The third-order valence-electron chi connectivity index (χ3n) is 3.10. The van der Waals surface area contributed by atoms with Crippen LogP contribution in [0.3, 0.4) is 0 Å². The van der Waals surface area contributed by atoms with E-state index in [9.17, 15) is 0 Å². The van der Waals surface area contributed by atoms with Crippen molar-refractivity contribution in [3.05, 3.63) is 42.1 Å². The molecule has 6 heteroatoms. The monoisotopic (exact) mass is 302 g/mol. The molecule has 2 N–H and O–H groups in total. The fraction of sp³-hybridized carbons (Fsp3) is 0.375. The largest absolute Gasteiger partial charge is 0.497 e. The van der Waals surface area contributed by atoms with E-state index in [0.29, 0.717) is 12.6 Å². The average molecular weight is 302 g/mol. The molecule has 0 spiro atoms. The van der Waals surface area contributed by atoms with Crippen molar-refractivity contribution in [3.63, 3.8) is 0 Å². The molecule has 118 valence electrons. The van der Waals surface area contributed by atoms with Gasteiger partial charge in [-0.1, -0.05) is 12.1 Å². The van der Waals surface area contributed by atoms with Crippen LogP contribution in [0.1, 0.15) is 5.56 Å². The van der Waals surface area contributed by atoms with Gasteiger partial charge in [0.05, 0.1) is 13.7 Å². The normalized spacial score (nSPS) is 10.3. The number of methoxy groups -OCH3 is 2. The van der Waals surface area contributed by atoms with Gasteiger partial charge in [0.25, 0.3) is 0 Å². The molecule has 1 aromatic carbocycles. The lowest BCUT2D eigenvalue weighted by Crippen LogP contribution is -2.12. The quantitative estimate of drug-likeness (QED) is 0.692. The topological polar surface area (TPSA) is 68.3 Å². The van der Waals surface area contributed by atoms with Crippen LogP contribution in [0.4, 0.5) is 11.8 Å². The Balaban J connectivity index is 1.82. The van der Waals surface area contributed by atoms with Crippen LogP contribution in [0.15, 0.2) is 36.5 Å². The molecule has 0 unspecified atom stereocenters. The molecular weight excluding hydrogens is 280 g/mol. The Hall–Kier alpha value is -2.34. The summed E-state index contributed by atoms with van der Waals surface area (Å²) in [5.74, 6) is 2.28. The van der Waals surface area contributed by atoms with Gasteiger partial charge in [0.15, 0.2) is 0 Å². The lowest BCUT2D eigenvalue weighted by atomic mass is 10.1. The molecule has 0 aliphatic carbocycles. The molecule has 1 heterocycles. The SMILES string of the molecule is COCCNc1ccnc(NCCc2cccc(OC)c2)n1. The van der Waals surface area contributed by atoms with Crippen LogP contribution < -0.4 is 15.4 Å². The predicted molar refractivity (Wildman–Crippen MR) is 87.6 cm³/mol. The van der Waals surface area contributed by atoms with Crippen LogP contribution in [0, 0.1) is 0 Å². The molecular formula is C16H22N4O2. The first-order valence-electron chi connectivity index (χ1n) is 7.24. The summed E-state index contributed by atoms with van der Waals surface area (Å²) in [6, 6.07) is 9.88. The van der Waals surface area contributed by atoms with Crippen molar-refractivity contribution < 1.29 is 9.47 Å². The van der Waals surface area contributed by atoms with Crippen molar-refractivity contribution >= 4 is 11.8 Å². The predicted octanol–water partition coefficient (Wildman–Crippen LogP) is 2.20. The van der Waals surface area contributed by atoms with Crippen molar-refractivity contribution in [2.24, 2.45) is 0 Å². The molecule has 0 atom stereocenters. The van der Waals surface area contributed by atoms with Gasteiger partial charge in [0.2, 0.25) is 5.95 Å². The Labute approximate surface area is 130 Å². The van der Waals surface area contributed by atoms with E-state index >= 15 is 0 Å². The number of ether oxygens (including phenoxy) is 2. The summed E-state index contributed by atoms with van der Waals surface area (Å²) < 4.78 is 10.2. The summed E-state index contributed by atoms with van der Waals surface area (Å²) in [4.78, 5) is 8.61. The molecule has 0 saturated carbocycles. The van der Waals surface area contributed by atoms with E-state index in [-0.39, 0.29) is 0 Å². The average Bonchev–Trinajstić information content (AvgIpc) is 2.56. The molecule has 0 saturated heterocycles. The van der Waals surface area contributed by atoms with Crippen molar-refractivity contribution in [2.75, 3.05) is 44.5 Å². The van der Waals surface area contributed by atoms with E-state index in [1.807, 2.05) is 24.3 Å². The Morgan fingerprint density at radius 3 is 2.82 bits per heavy atom. The van der Waals surface area contributed by atoms with Crippen molar-refractivity contribution in [1.82, 2.24) is 9.97 Å². The summed E-state index contributed by atoms with van der Waals surface area (Å²) in [5, 5.41) is 6.40. The summed E-state index contributed by atoms with van der Waals surface area (Å²) in [5.41, 5.74) is 1.21. The minimum atomic E-state index is 0.616. The second-order valence-electron chi connectivity index (χ2n) is 4.71. The molecule has 0 aliphatic rings. The van der Waals surface area contributed by atoms with E-state index in [0.717, 1.165) is 31.1 Å². The zero-order valence-electron chi connectivity index (χ0n) is 13.0. The maximum atomic E-state index is 5.22. The Morgan fingerprint density at radius 2 is 2.00 bits per heavy atom. The number of benzene rings is 1. The van der Waals surface area contributed by atoms with Crippen LogP contribution in [0.25, 0.3) is 0 Å². The second kappa shape index (κ2) is 8.84. The van der Waals surface area contributed by atoms with Crippen LogP contribution in [0.2, 0.25) is 0 Å². The van der Waals surface area contributed by atoms with Gasteiger partial charge in [-0.25, -0.2) is 4.98 Å². The molecule has 6 nitrogen and oxygen atoms in total. The molecule has 22 heavy (non-hydrogen) atoms. The molecule has 2 rings (SSSR count). The minimum absolute atomic E-state index is 0.616.